The molecule has 7 nitrogen and oxygen atoms in total. The first-order valence-corrected chi connectivity index (χ1v) is 6.24. The number of para-hydroxylation sites is 1. The number of hydrogen-bond donors (Lipinski definition) is 2. The first kappa shape index (κ1) is 14.0. The molecule has 0 saturated heterocycles. The summed E-state index contributed by atoms with van der Waals surface area (Å²) < 4.78 is 10.6. The Kier molecular flexibility index (Phi) is 4.67. The summed E-state index contributed by atoms with van der Waals surface area (Å²) in [5.41, 5.74) is 5.78. The minimum atomic E-state index is -0.438. The van der Waals surface area contributed by atoms with Crippen LogP contribution in [0.3, 0.4) is 0 Å². The first-order chi connectivity index (χ1) is 9.70. The number of rotatable bonds is 7. The molecule has 0 aliphatic rings. The smallest absolute Gasteiger partial charge is 0.240 e. The van der Waals surface area contributed by atoms with Gasteiger partial charge in [-0.05, 0) is 19.1 Å². The van der Waals surface area contributed by atoms with Gasteiger partial charge in [0.2, 0.25) is 17.6 Å². The molecule has 0 saturated carbocycles. The SMILES string of the molecule is CCOc1ccccc1-c1noc(CNCC(N)=O)n1. The summed E-state index contributed by atoms with van der Waals surface area (Å²) in [6.45, 7) is 2.81. The fraction of sp³-hybridized carbons (Fsp3) is 0.308. The molecular formula is C13H16N4O3. The van der Waals surface area contributed by atoms with Gasteiger partial charge in [-0.1, -0.05) is 17.3 Å². The van der Waals surface area contributed by atoms with Gasteiger partial charge in [0.25, 0.3) is 0 Å². The number of ether oxygens (including phenoxy) is 1. The molecule has 1 heterocycles. The van der Waals surface area contributed by atoms with E-state index in [4.69, 9.17) is 15.0 Å². The summed E-state index contributed by atoms with van der Waals surface area (Å²) >= 11 is 0. The van der Waals surface area contributed by atoms with Crippen LogP contribution in [-0.4, -0.2) is 29.2 Å². The predicted octanol–water partition coefficient (Wildman–Crippen LogP) is 0.710. The van der Waals surface area contributed by atoms with Crippen molar-refractivity contribution < 1.29 is 14.1 Å². The topological polar surface area (TPSA) is 103 Å². The fourth-order valence-electron chi connectivity index (χ4n) is 1.66. The molecule has 0 fully saturated rings. The summed E-state index contributed by atoms with van der Waals surface area (Å²) in [7, 11) is 0. The minimum Gasteiger partial charge on any atom is -0.493 e. The predicted molar refractivity (Wildman–Crippen MR) is 71.8 cm³/mol. The number of benzene rings is 1. The second kappa shape index (κ2) is 6.67. The van der Waals surface area contributed by atoms with Crippen LogP contribution in [0.5, 0.6) is 5.75 Å². The second-order valence-electron chi connectivity index (χ2n) is 4.01. The number of nitrogens with two attached hydrogens (primary N) is 1. The van der Waals surface area contributed by atoms with Crippen molar-refractivity contribution in [2.24, 2.45) is 5.73 Å². The molecule has 20 heavy (non-hydrogen) atoms. The van der Waals surface area contributed by atoms with Gasteiger partial charge in [-0.3, -0.25) is 10.1 Å². The van der Waals surface area contributed by atoms with Gasteiger partial charge in [-0.25, -0.2) is 0 Å². The second-order valence-corrected chi connectivity index (χ2v) is 4.01. The third-order valence-corrected chi connectivity index (χ3v) is 2.47. The van der Waals surface area contributed by atoms with E-state index in [1.54, 1.807) is 0 Å². The number of nitrogens with zero attached hydrogens (tertiary/aromatic N) is 2. The lowest BCUT2D eigenvalue weighted by atomic mass is 10.2. The average Bonchev–Trinajstić information content (AvgIpc) is 2.88. The van der Waals surface area contributed by atoms with Crippen LogP contribution in [0.15, 0.2) is 28.8 Å². The van der Waals surface area contributed by atoms with Crippen molar-refractivity contribution >= 4 is 5.91 Å². The van der Waals surface area contributed by atoms with Crippen molar-refractivity contribution in [3.8, 4) is 17.1 Å². The number of amides is 1. The van der Waals surface area contributed by atoms with Crippen LogP contribution < -0.4 is 15.8 Å². The Bertz CT molecular complexity index is 583. The largest absolute Gasteiger partial charge is 0.493 e. The molecular weight excluding hydrogens is 260 g/mol. The lowest BCUT2D eigenvalue weighted by Gasteiger charge is -2.05. The highest BCUT2D eigenvalue weighted by Gasteiger charge is 2.12. The van der Waals surface area contributed by atoms with Gasteiger partial charge >= 0.3 is 0 Å². The highest BCUT2D eigenvalue weighted by molar-refractivity contribution is 5.75. The van der Waals surface area contributed by atoms with Crippen molar-refractivity contribution in [3.05, 3.63) is 30.2 Å². The Labute approximate surface area is 116 Å². The van der Waals surface area contributed by atoms with Crippen LogP contribution in [0.1, 0.15) is 12.8 Å². The van der Waals surface area contributed by atoms with Gasteiger partial charge in [-0.15, -0.1) is 0 Å². The van der Waals surface area contributed by atoms with Crippen molar-refractivity contribution in [1.82, 2.24) is 15.5 Å². The van der Waals surface area contributed by atoms with Crippen LogP contribution in [0.25, 0.3) is 11.4 Å². The maximum absolute atomic E-state index is 10.6. The van der Waals surface area contributed by atoms with E-state index in [1.165, 1.54) is 0 Å². The molecule has 0 bridgehead atoms. The Morgan fingerprint density at radius 3 is 3.00 bits per heavy atom. The van der Waals surface area contributed by atoms with Gasteiger partial charge in [0.15, 0.2) is 0 Å². The molecule has 7 heteroatoms. The maximum atomic E-state index is 10.6. The quantitative estimate of drug-likeness (QED) is 0.772. The molecule has 0 aliphatic carbocycles. The van der Waals surface area contributed by atoms with Crippen molar-refractivity contribution in [2.45, 2.75) is 13.5 Å². The van der Waals surface area contributed by atoms with Crippen LogP contribution in [0, 0.1) is 0 Å². The number of primary amides is 1. The van der Waals surface area contributed by atoms with Crippen LogP contribution in [0.2, 0.25) is 0 Å². The lowest BCUT2D eigenvalue weighted by Crippen LogP contribution is -2.28. The van der Waals surface area contributed by atoms with Crippen LogP contribution in [-0.2, 0) is 11.3 Å². The van der Waals surface area contributed by atoms with E-state index < -0.39 is 5.91 Å². The zero-order valence-corrected chi connectivity index (χ0v) is 11.1. The summed E-state index contributed by atoms with van der Waals surface area (Å²) in [4.78, 5) is 14.9. The average molecular weight is 276 g/mol. The molecule has 106 valence electrons. The van der Waals surface area contributed by atoms with Crippen molar-refractivity contribution in [2.75, 3.05) is 13.2 Å². The molecule has 0 radical (unpaired) electrons. The highest BCUT2D eigenvalue weighted by atomic mass is 16.5. The van der Waals surface area contributed by atoms with E-state index >= 15 is 0 Å². The Hall–Kier alpha value is -2.41. The number of nitrogens with one attached hydrogen (secondary N) is 1. The maximum Gasteiger partial charge on any atom is 0.240 e. The molecule has 1 aromatic carbocycles. The molecule has 2 rings (SSSR count). The van der Waals surface area contributed by atoms with Crippen LogP contribution in [0.4, 0.5) is 0 Å². The van der Waals surface area contributed by atoms with Crippen molar-refractivity contribution in [1.29, 1.82) is 0 Å². The molecule has 0 aliphatic heterocycles. The molecule has 2 aromatic rings. The number of carbonyl (C=O) groups excluding carboxylic acids is 1. The van der Waals surface area contributed by atoms with E-state index in [0.29, 0.717) is 24.1 Å². The minimum absolute atomic E-state index is 0.0627. The fourth-order valence-corrected chi connectivity index (χ4v) is 1.66. The molecule has 0 unspecified atom stereocenters. The Morgan fingerprint density at radius 1 is 1.45 bits per heavy atom. The third kappa shape index (κ3) is 3.55. The molecule has 3 N–H and O–H groups in total. The van der Waals surface area contributed by atoms with Gasteiger partial charge < -0.3 is 15.0 Å². The summed E-state index contributed by atoms with van der Waals surface area (Å²) in [6.07, 6.45) is 0. The third-order valence-electron chi connectivity index (χ3n) is 2.47. The van der Waals surface area contributed by atoms with E-state index in [-0.39, 0.29) is 13.1 Å². The highest BCUT2D eigenvalue weighted by Crippen LogP contribution is 2.27. The molecule has 0 spiro atoms. The summed E-state index contributed by atoms with van der Waals surface area (Å²) in [5.74, 6) is 1.09. The zero-order chi connectivity index (χ0) is 14.4. The number of hydrogen-bond acceptors (Lipinski definition) is 6. The number of carbonyl (C=O) groups is 1. The Balaban J connectivity index is 2.10. The van der Waals surface area contributed by atoms with Gasteiger partial charge in [0, 0.05) is 0 Å². The monoisotopic (exact) mass is 276 g/mol. The molecule has 1 amide bonds. The van der Waals surface area contributed by atoms with Gasteiger partial charge in [-0.2, -0.15) is 4.98 Å². The standard InChI is InChI=1S/C13H16N4O3/c1-2-19-10-6-4-3-5-9(10)13-16-12(20-17-13)8-15-7-11(14)18/h3-6,15H,2,7-8H2,1H3,(H2,14,18). The lowest BCUT2D eigenvalue weighted by molar-refractivity contribution is -0.117. The zero-order valence-electron chi connectivity index (χ0n) is 11.1. The molecule has 0 atom stereocenters. The van der Waals surface area contributed by atoms with Gasteiger partial charge in [0.1, 0.15) is 5.75 Å². The summed E-state index contributed by atoms with van der Waals surface area (Å²) in [6, 6.07) is 7.46. The van der Waals surface area contributed by atoms with E-state index in [9.17, 15) is 4.79 Å². The molecule has 1 aromatic heterocycles. The van der Waals surface area contributed by atoms with Crippen molar-refractivity contribution in [3.63, 3.8) is 0 Å². The first-order valence-electron chi connectivity index (χ1n) is 6.24. The Morgan fingerprint density at radius 2 is 2.25 bits per heavy atom. The normalized spacial score (nSPS) is 10.4. The van der Waals surface area contributed by atoms with E-state index in [2.05, 4.69) is 15.5 Å². The van der Waals surface area contributed by atoms with E-state index in [1.807, 2.05) is 31.2 Å². The summed E-state index contributed by atoms with van der Waals surface area (Å²) in [5, 5.41) is 6.71. The number of aromatic nitrogens is 2. The van der Waals surface area contributed by atoms with Gasteiger partial charge in [0.05, 0.1) is 25.3 Å². The van der Waals surface area contributed by atoms with E-state index in [0.717, 1.165) is 5.56 Å². The van der Waals surface area contributed by atoms with Crippen LogP contribution >= 0.6 is 0 Å².